The van der Waals surface area contributed by atoms with Crippen LogP contribution in [0.3, 0.4) is 0 Å². The molecule has 5 nitrogen and oxygen atoms in total. The number of carbonyl (C=O) groups excluding carboxylic acids is 1. The van der Waals surface area contributed by atoms with Crippen molar-refractivity contribution in [2.24, 2.45) is 0 Å². The molecule has 5 heteroatoms. The maximum absolute atomic E-state index is 11.7. The van der Waals surface area contributed by atoms with E-state index in [1.54, 1.807) is 30.5 Å². The van der Waals surface area contributed by atoms with Crippen LogP contribution < -0.4 is 14.8 Å². The Kier molecular flexibility index (Phi) is 4.15. The Morgan fingerprint density at radius 3 is 2.91 bits per heavy atom. The molecule has 0 aliphatic carbocycles. The highest BCUT2D eigenvalue weighted by molar-refractivity contribution is 5.98. The first kappa shape index (κ1) is 13.9. The summed E-state index contributed by atoms with van der Waals surface area (Å²) in [6, 6.07) is 11.0. The summed E-state index contributed by atoms with van der Waals surface area (Å²) in [4.78, 5) is 15.7. The van der Waals surface area contributed by atoms with Gasteiger partial charge in [0, 0.05) is 12.3 Å². The Morgan fingerprint density at radius 1 is 1.14 bits per heavy atom. The van der Waals surface area contributed by atoms with Gasteiger partial charge in [-0.2, -0.15) is 0 Å². The van der Waals surface area contributed by atoms with Gasteiger partial charge in [-0.25, -0.2) is 4.98 Å². The Morgan fingerprint density at radius 2 is 2.05 bits per heavy atom. The Hall–Kier alpha value is -3.08. The number of amides is 1. The monoisotopic (exact) mass is 294 g/mol. The van der Waals surface area contributed by atoms with Crippen molar-refractivity contribution in [1.82, 2.24) is 4.98 Å². The molecule has 0 bridgehead atoms. The number of fused-ring (bicyclic) bond motifs is 1. The number of allylic oxidation sites excluding steroid dienone is 2. The number of ether oxygens (including phenoxy) is 2. The number of nitrogens with zero attached hydrogens (tertiary/aromatic N) is 1. The van der Waals surface area contributed by atoms with E-state index in [1.807, 2.05) is 30.3 Å². The van der Waals surface area contributed by atoms with E-state index < -0.39 is 0 Å². The van der Waals surface area contributed by atoms with E-state index in [1.165, 1.54) is 6.08 Å². The molecule has 0 fully saturated rings. The summed E-state index contributed by atoms with van der Waals surface area (Å²) in [6.07, 6.45) is 8.40. The highest BCUT2D eigenvalue weighted by Crippen LogP contribution is 2.32. The number of aromatic nitrogens is 1. The number of rotatable bonds is 4. The molecule has 0 unspecified atom stereocenters. The Bertz CT molecular complexity index is 724. The van der Waals surface area contributed by atoms with Crippen molar-refractivity contribution in [3.63, 3.8) is 0 Å². The second kappa shape index (κ2) is 6.58. The highest BCUT2D eigenvalue weighted by atomic mass is 16.7. The van der Waals surface area contributed by atoms with Crippen LogP contribution in [0.2, 0.25) is 0 Å². The molecule has 1 N–H and O–H groups in total. The molecule has 2 heterocycles. The van der Waals surface area contributed by atoms with E-state index in [-0.39, 0.29) is 12.7 Å². The topological polar surface area (TPSA) is 60.5 Å². The molecular formula is C17H14N2O3. The minimum absolute atomic E-state index is 0.228. The molecule has 0 radical (unpaired) electrons. The minimum atomic E-state index is -0.228. The SMILES string of the molecule is O=C(/C=C/C=C/c1ccc2c(c1)OCO2)Nc1ccccn1. The van der Waals surface area contributed by atoms with E-state index in [9.17, 15) is 4.79 Å². The molecule has 22 heavy (non-hydrogen) atoms. The number of benzene rings is 1. The zero-order chi connectivity index (χ0) is 15.2. The highest BCUT2D eigenvalue weighted by Gasteiger charge is 2.11. The molecule has 1 aliphatic heterocycles. The van der Waals surface area contributed by atoms with Gasteiger partial charge in [-0.05, 0) is 29.8 Å². The zero-order valence-corrected chi connectivity index (χ0v) is 11.7. The lowest BCUT2D eigenvalue weighted by molar-refractivity contribution is -0.111. The molecule has 110 valence electrons. The summed E-state index contributed by atoms with van der Waals surface area (Å²) in [5, 5.41) is 2.67. The lowest BCUT2D eigenvalue weighted by Gasteiger charge is -1.98. The van der Waals surface area contributed by atoms with Gasteiger partial charge in [-0.15, -0.1) is 0 Å². The summed E-state index contributed by atoms with van der Waals surface area (Å²) < 4.78 is 10.6. The van der Waals surface area contributed by atoms with Crippen LogP contribution in [-0.2, 0) is 4.79 Å². The molecule has 1 aromatic carbocycles. The Labute approximate surface area is 127 Å². The molecule has 1 aromatic heterocycles. The van der Waals surface area contributed by atoms with Crippen molar-refractivity contribution in [2.45, 2.75) is 0 Å². The number of nitrogens with one attached hydrogen (secondary N) is 1. The first-order valence-corrected chi connectivity index (χ1v) is 6.78. The average Bonchev–Trinajstić information content (AvgIpc) is 3.00. The zero-order valence-electron chi connectivity index (χ0n) is 11.7. The largest absolute Gasteiger partial charge is 0.454 e. The number of anilines is 1. The maximum atomic E-state index is 11.7. The van der Waals surface area contributed by atoms with Crippen molar-refractivity contribution in [3.05, 3.63) is 66.4 Å². The number of carbonyl (C=O) groups is 1. The fourth-order valence-electron chi connectivity index (χ4n) is 1.93. The molecule has 1 aliphatic rings. The van der Waals surface area contributed by atoms with Crippen LogP contribution in [-0.4, -0.2) is 17.7 Å². The second-order valence-electron chi connectivity index (χ2n) is 4.54. The van der Waals surface area contributed by atoms with E-state index in [4.69, 9.17) is 9.47 Å². The van der Waals surface area contributed by atoms with E-state index >= 15 is 0 Å². The third-order valence-electron chi connectivity index (χ3n) is 2.96. The van der Waals surface area contributed by atoms with E-state index in [0.29, 0.717) is 5.82 Å². The molecule has 0 saturated heterocycles. The van der Waals surface area contributed by atoms with Gasteiger partial charge in [0.05, 0.1) is 0 Å². The summed E-state index contributed by atoms with van der Waals surface area (Å²) in [7, 11) is 0. The lowest BCUT2D eigenvalue weighted by atomic mass is 10.2. The average molecular weight is 294 g/mol. The van der Waals surface area contributed by atoms with Crippen molar-refractivity contribution in [3.8, 4) is 11.5 Å². The van der Waals surface area contributed by atoms with Crippen LogP contribution in [0.1, 0.15) is 5.56 Å². The van der Waals surface area contributed by atoms with Crippen molar-refractivity contribution in [1.29, 1.82) is 0 Å². The smallest absolute Gasteiger partial charge is 0.249 e. The predicted octanol–water partition coefficient (Wildman–Crippen LogP) is 3.02. The van der Waals surface area contributed by atoms with Crippen LogP contribution in [0.5, 0.6) is 11.5 Å². The van der Waals surface area contributed by atoms with Crippen LogP contribution in [0.15, 0.2) is 60.8 Å². The minimum Gasteiger partial charge on any atom is -0.454 e. The van der Waals surface area contributed by atoms with Crippen LogP contribution in [0, 0.1) is 0 Å². The van der Waals surface area contributed by atoms with Crippen LogP contribution in [0.4, 0.5) is 5.82 Å². The summed E-state index contributed by atoms with van der Waals surface area (Å²) in [6.45, 7) is 0.260. The molecule has 0 atom stereocenters. The fourth-order valence-corrected chi connectivity index (χ4v) is 1.93. The first-order valence-electron chi connectivity index (χ1n) is 6.78. The molecule has 0 spiro atoms. The number of pyridine rings is 1. The van der Waals surface area contributed by atoms with Gasteiger partial charge in [0.25, 0.3) is 0 Å². The van der Waals surface area contributed by atoms with Gasteiger partial charge < -0.3 is 14.8 Å². The fraction of sp³-hybridized carbons (Fsp3) is 0.0588. The number of hydrogen-bond acceptors (Lipinski definition) is 4. The van der Waals surface area contributed by atoms with Crippen molar-refractivity contribution >= 4 is 17.8 Å². The lowest BCUT2D eigenvalue weighted by Crippen LogP contribution is -2.08. The van der Waals surface area contributed by atoms with Gasteiger partial charge in [-0.3, -0.25) is 4.79 Å². The normalized spacial score (nSPS) is 12.9. The maximum Gasteiger partial charge on any atom is 0.249 e. The van der Waals surface area contributed by atoms with E-state index in [0.717, 1.165) is 17.1 Å². The van der Waals surface area contributed by atoms with Gasteiger partial charge in [0.15, 0.2) is 11.5 Å². The molecular weight excluding hydrogens is 280 g/mol. The van der Waals surface area contributed by atoms with Gasteiger partial charge in [-0.1, -0.05) is 30.4 Å². The summed E-state index contributed by atoms with van der Waals surface area (Å²) in [5.41, 5.74) is 0.971. The van der Waals surface area contributed by atoms with Gasteiger partial charge in [0.2, 0.25) is 12.7 Å². The van der Waals surface area contributed by atoms with Gasteiger partial charge in [0.1, 0.15) is 5.82 Å². The van der Waals surface area contributed by atoms with Crippen molar-refractivity contribution in [2.75, 3.05) is 12.1 Å². The predicted molar refractivity (Wildman–Crippen MR) is 83.6 cm³/mol. The van der Waals surface area contributed by atoms with Crippen LogP contribution in [0.25, 0.3) is 6.08 Å². The third kappa shape index (κ3) is 3.52. The Balaban J connectivity index is 1.56. The summed E-state index contributed by atoms with van der Waals surface area (Å²) >= 11 is 0. The molecule has 1 amide bonds. The van der Waals surface area contributed by atoms with Gasteiger partial charge >= 0.3 is 0 Å². The first-order chi connectivity index (χ1) is 10.8. The second-order valence-corrected chi connectivity index (χ2v) is 4.54. The molecule has 0 saturated carbocycles. The van der Waals surface area contributed by atoms with Crippen LogP contribution >= 0.6 is 0 Å². The van der Waals surface area contributed by atoms with E-state index in [2.05, 4.69) is 10.3 Å². The quantitative estimate of drug-likeness (QED) is 0.695. The molecule has 2 aromatic rings. The summed E-state index contributed by atoms with van der Waals surface area (Å²) in [5.74, 6) is 1.78. The molecule has 3 rings (SSSR count). The standard InChI is InChI=1S/C17H14N2O3/c20-17(19-16-6-3-4-10-18-16)7-2-1-5-13-8-9-14-15(11-13)22-12-21-14/h1-11H,12H2,(H,18,19,20)/b5-1+,7-2+. The third-order valence-corrected chi connectivity index (χ3v) is 2.96. The van der Waals surface area contributed by atoms with Crippen molar-refractivity contribution < 1.29 is 14.3 Å². The number of hydrogen-bond donors (Lipinski definition) is 1.